The summed E-state index contributed by atoms with van der Waals surface area (Å²) in [5.74, 6) is 5.80. The number of rotatable bonds is 3. The summed E-state index contributed by atoms with van der Waals surface area (Å²) in [6, 6.07) is 12.5. The quantitative estimate of drug-likeness (QED) is 0.474. The van der Waals surface area contributed by atoms with Gasteiger partial charge in [0.15, 0.2) is 0 Å². The first-order valence-corrected chi connectivity index (χ1v) is 4.99. The molecule has 1 aromatic carbocycles. The zero-order valence-electron chi connectivity index (χ0n) is 8.96. The number of hydrogen-bond donors (Lipinski definition) is 2. The summed E-state index contributed by atoms with van der Waals surface area (Å²) >= 11 is 0. The second-order valence-corrected chi connectivity index (χ2v) is 3.27. The number of benzene rings is 1. The molecule has 0 saturated heterocycles. The molecule has 0 radical (unpaired) electrons. The minimum absolute atomic E-state index is 0.209. The number of aromatic nitrogens is 1. The number of carbonyl (C=O) groups is 1. The van der Waals surface area contributed by atoms with Gasteiger partial charge in [-0.15, -0.1) is 0 Å². The maximum atomic E-state index is 11.3. The third-order valence-electron chi connectivity index (χ3n) is 2.07. The number of nitrogens with two attached hydrogens (primary N) is 1. The molecule has 0 aliphatic heterocycles. The van der Waals surface area contributed by atoms with E-state index in [1.165, 1.54) is 12.3 Å². The van der Waals surface area contributed by atoms with Crippen LogP contribution in [-0.2, 0) is 0 Å². The van der Waals surface area contributed by atoms with E-state index in [9.17, 15) is 4.79 Å². The van der Waals surface area contributed by atoms with Crippen LogP contribution in [-0.4, -0.2) is 10.9 Å². The van der Waals surface area contributed by atoms with E-state index < -0.39 is 5.91 Å². The highest BCUT2D eigenvalue weighted by Crippen LogP contribution is 2.20. The normalized spacial score (nSPS) is 9.71. The van der Waals surface area contributed by atoms with Gasteiger partial charge in [-0.05, 0) is 18.2 Å². The van der Waals surface area contributed by atoms with Gasteiger partial charge in [0.1, 0.15) is 17.2 Å². The summed E-state index contributed by atoms with van der Waals surface area (Å²) in [5.41, 5.74) is 2.22. The van der Waals surface area contributed by atoms with Crippen LogP contribution in [0, 0.1) is 0 Å². The molecule has 0 atom stereocenters. The number of nitrogens with zero attached hydrogens (tertiary/aromatic N) is 1. The maximum absolute atomic E-state index is 11.3. The molecule has 3 N–H and O–H groups in total. The van der Waals surface area contributed by atoms with Crippen LogP contribution >= 0.6 is 0 Å². The van der Waals surface area contributed by atoms with E-state index in [1.807, 2.05) is 35.8 Å². The Hall–Kier alpha value is -2.40. The average molecular weight is 229 g/mol. The summed E-state index contributed by atoms with van der Waals surface area (Å²) in [7, 11) is 0. The minimum Gasteiger partial charge on any atom is -0.457 e. The molecule has 0 aliphatic rings. The highest BCUT2D eigenvalue weighted by atomic mass is 16.5. The van der Waals surface area contributed by atoms with Crippen molar-refractivity contribution in [3.05, 3.63) is 54.4 Å². The van der Waals surface area contributed by atoms with Gasteiger partial charge in [0.05, 0.1) is 0 Å². The monoisotopic (exact) mass is 229 g/mol. The standard InChI is InChI=1S/C12H11N3O2/c13-15-12(16)11-8-10(6-7-14-11)17-9-4-2-1-3-5-9/h1-8H,13H2,(H,15,16). The SMILES string of the molecule is NNC(=O)c1cc(Oc2ccccc2)ccn1. The second-order valence-electron chi connectivity index (χ2n) is 3.27. The van der Waals surface area contributed by atoms with Crippen molar-refractivity contribution in [2.24, 2.45) is 5.84 Å². The fraction of sp³-hybridized carbons (Fsp3) is 0. The van der Waals surface area contributed by atoms with E-state index in [0.29, 0.717) is 11.5 Å². The van der Waals surface area contributed by atoms with Gasteiger partial charge in [0.25, 0.3) is 5.91 Å². The van der Waals surface area contributed by atoms with Crippen LogP contribution < -0.4 is 16.0 Å². The number of carbonyl (C=O) groups excluding carboxylic acids is 1. The molecule has 1 amide bonds. The van der Waals surface area contributed by atoms with Crippen molar-refractivity contribution >= 4 is 5.91 Å². The summed E-state index contributed by atoms with van der Waals surface area (Å²) in [5, 5.41) is 0. The smallest absolute Gasteiger partial charge is 0.283 e. The maximum Gasteiger partial charge on any atom is 0.283 e. The van der Waals surface area contributed by atoms with E-state index in [4.69, 9.17) is 10.6 Å². The molecule has 0 spiro atoms. The minimum atomic E-state index is -0.455. The second kappa shape index (κ2) is 5.09. The molecular weight excluding hydrogens is 218 g/mol. The highest BCUT2D eigenvalue weighted by molar-refractivity contribution is 5.92. The molecule has 1 heterocycles. The van der Waals surface area contributed by atoms with Crippen molar-refractivity contribution in [2.75, 3.05) is 0 Å². The van der Waals surface area contributed by atoms with Crippen molar-refractivity contribution in [1.29, 1.82) is 0 Å². The van der Waals surface area contributed by atoms with Crippen LogP contribution in [0.3, 0.4) is 0 Å². The Morgan fingerprint density at radius 1 is 1.18 bits per heavy atom. The van der Waals surface area contributed by atoms with Gasteiger partial charge < -0.3 is 4.74 Å². The molecule has 17 heavy (non-hydrogen) atoms. The lowest BCUT2D eigenvalue weighted by atomic mass is 10.3. The number of hydrogen-bond acceptors (Lipinski definition) is 4. The van der Waals surface area contributed by atoms with Gasteiger partial charge in [-0.1, -0.05) is 18.2 Å². The van der Waals surface area contributed by atoms with Gasteiger partial charge in [-0.2, -0.15) is 0 Å². The van der Waals surface area contributed by atoms with E-state index in [2.05, 4.69) is 4.98 Å². The van der Waals surface area contributed by atoms with Gasteiger partial charge >= 0.3 is 0 Å². The molecule has 86 valence electrons. The fourth-order valence-electron chi connectivity index (χ4n) is 1.30. The van der Waals surface area contributed by atoms with Crippen LogP contribution in [0.15, 0.2) is 48.7 Å². The number of nitrogens with one attached hydrogen (secondary N) is 1. The van der Waals surface area contributed by atoms with Crippen molar-refractivity contribution in [2.45, 2.75) is 0 Å². The van der Waals surface area contributed by atoms with E-state index in [0.717, 1.165) is 0 Å². The van der Waals surface area contributed by atoms with Crippen LogP contribution in [0.25, 0.3) is 0 Å². The van der Waals surface area contributed by atoms with Gasteiger partial charge in [0, 0.05) is 12.3 Å². The van der Waals surface area contributed by atoms with E-state index in [-0.39, 0.29) is 5.69 Å². The molecule has 5 nitrogen and oxygen atoms in total. The molecule has 0 unspecified atom stereocenters. The summed E-state index contributed by atoms with van der Waals surface area (Å²) < 4.78 is 5.55. The Morgan fingerprint density at radius 3 is 2.65 bits per heavy atom. The molecular formula is C12H11N3O2. The number of nitrogen functional groups attached to an aromatic ring is 1. The van der Waals surface area contributed by atoms with E-state index >= 15 is 0 Å². The predicted molar refractivity (Wildman–Crippen MR) is 62.4 cm³/mol. The van der Waals surface area contributed by atoms with Crippen LogP contribution in [0.2, 0.25) is 0 Å². The van der Waals surface area contributed by atoms with Crippen molar-refractivity contribution in [3.63, 3.8) is 0 Å². The lowest BCUT2D eigenvalue weighted by molar-refractivity contribution is 0.0948. The summed E-state index contributed by atoms with van der Waals surface area (Å²) in [4.78, 5) is 15.1. The summed E-state index contributed by atoms with van der Waals surface area (Å²) in [6.45, 7) is 0. The molecule has 2 rings (SSSR count). The lowest BCUT2D eigenvalue weighted by Crippen LogP contribution is -2.30. The van der Waals surface area contributed by atoms with Gasteiger partial charge in [-0.3, -0.25) is 15.2 Å². The zero-order chi connectivity index (χ0) is 12.1. The highest BCUT2D eigenvalue weighted by Gasteiger charge is 2.06. The molecule has 5 heteroatoms. The van der Waals surface area contributed by atoms with Crippen molar-refractivity contribution in [3.8, 4) is 11.5 Å². The molecule has 2 aromatic rings. The summed E-state index contributed by atoms with van der Waals surface area (Å²) in [6.07, 6.45) is 1.49. The fourth-order valence-corrected chi connectivity index (χ4v) is 1.30. The predicted octanol–water partition coefficient (Wildman–Crippen LogP) is 1.48. The molecule has 0 fully saturated rings. The average Bonchev–Trinajstić information content (AvgIpc) is 2.39. The Morgan fingerprint density at radius 2 is 1.94 bits per heavy atom. The lowest BCUT2D eigenvalue weighted by Gasteiger charge is -2.06. The molecule has 0 saturated carbocycles. The molecule has 0 bridgehead atoms. The van der Waals surface area contributed by atoms with Gasteiger partial charge in [0.2, 0.25) is 0 Å². The topological polar surface area (TPSA) is 77.2 Å². The number of pyridine rings is 1. The Bertz CT molecular complexity index is 514. The van der Waals surface area contributed by atoms with Crippen LogP contribution in [0.5, 0.6) is 11.5 Å². The van der Waals surface area contributed by atoms with Crippen LogP contribution in [0.1, 0.15) is 10.5 Å². The number of para-hydroxylation sites is 1. The zero-order valence-corrected chi connectivity index (χ0v) is 8.96. The van der Waals surface area contributed by atoms with Crippen molar-refractivity contribution in [1.82, 2.24) is 10.4 Å². The first kappa shape index (κ1) is 11.1. The number of ether oxygens (including phenoxy) is 1. The Kier molecular flexibility index (Phi) is 3.32. The van der Waals surface area contributed by atoms with Crippen molar-refractivity contribution < 1.29 is 9.53 Å². The Labute approximate surface area is 98.2 Å². The van der Waals surface area contributed by atoms with Gasteiger partial charge in [-0.25, -0.2) is 5.84 Å². The van der Waals surface area contributed by atoms with E-state index in [1.54, 1.807) is 6.07 Å². The van der Waals surface area contributed by atoms with Crippen LogP contribution in [0.4, 0.5) is 0 Å². The first-order valence-electron chi connectivity index (χ1n) is 4.99. The largest absolute Gasteiger partial charge is 0.457 e. The Balaban J connectivity index is 2.20. The third-order valence-corrected chi connectivity index (χ3v) is 2.07. The molecule has 1 aromatic heterocycles. The third kappa shape index (κ3) is 2.79. The molecule has 0 aliphatic carbocycles. The number of amides is 1. The first-order chi connectivity index (χ1) is 8.29. The number of hydrazine groups is 1.